The highest BCUT2D eigenvalue weighted by atomic mass is 16.5. The van der Waals surface area contributed by atoms with Crippen molar-refractivity contribution in [1.82, 2.24) is 4.90 Å². The van der Waals surface area contributed by atoms with Crippen LogP contribution in [0.25, 0.3) is 0 Å². The van der Waals surface area contributed by atoms with Gasteiger partial charge in [-0.2, -0.15) is 5.26 Å². The Kier molecular flexibility index (Phi) is 4.84. The van der Waals surface area contributed by atoms with E-state index in [4.69, 9.17) is 19.8 Å². The van der Waals surface area contributed by atoms with E-state index in [1.165, 1.54) is 18.1 Å². The first-order chi connectivity index (χ1) is 10.5. The van der Waals surface area contributed by atoms with Gasteiger partial charge in [-0.1, -0.05) is 0 Å². The van der Waals surface area contributed by atoms with Crippen molar-refractivity contribution in [2.75, 3.05) is 20.3 Å². The van der Waals surface area contributed by atoms with Crippen molar-refractivity contribution in [2.45, 2.75) is 18.9 Å². The van der Waals surface area contributed by atoms with Crippen LogP contribution < -0.4 is 9.47 Å². The Morgan fingerprint density at radius 1 is 1.41 bits per heavy atom. The van der Waals surface area contributed by atoms with Crippen LogP contribution in [0.5, 0.6) is 11.5 Å². The van der Waals surface area contributed by atoms with Crippen molar-refractivity contribution in [3.05, 3.63) is 23.8 Å². The molecule has 1 aromatic rings. The number of rotatable bonds is 7. The molecule has 1 fully saturated rings. The van der Waals surface area contributed by atoms with Crippen LogP contribution in [0.3, 0.4) is 0 Å². The molecule has 2 rings (SSSR count). The van der Waals surface area contributed by atoms with Crippen LogP contribution in [0, 0.1) is 11.3 Å². The van der Waals surface area contributed by atoms with E-state index >= 15 is 0 Å². The lowest BCUT2D eigenvalue weighted by Gasteiger charge is -2.20. The minimum atomic E-state index is -1.05. The molecule has 0 heterocycles. The highest BCUT2D eigenvalue weighted by Gasteiger charge is 2.34. The second-order valence-electron chi connectivity index (χ2n) is 4.91. The number of carbonyl (C=O) groups is 2. The number of hydrogen-bond donors (Lipinski definition) is 1. The molecule has 116 valence electrons. The number of methoxy groups -OCH3 is 1. The summed E-state index contributed by atoms with van der Waals surface area (Å²) in [4.78, 5) is 24.2. The molecule has 0 atom stereocenters. The molecule has 0 radical (unpaired) electrons. The fourth-order valence-electron chi connectivity index (χ4n) is 2.03. The van der Waals surface area contributed by atoms with Gasteiger partial charge in [-0.3, -0.25) is 9.59 Å². The number of carbonyl (C=O) groups excluding carboxylic acids is 1. The lowest BCUT2D eigenvalue weighted by Crippen LogP contribution is -2.40. The first-order valence-electron chi connectivity index (χ1n) is 6.77. The average Bonchev–Trinajstić information content (AvgIpc) is 3.34. The highest BCUT2D eigenvalue weighted by Crippen LogP contribution is 2.29. The lowest BCUT2D eigenvalue weighted by atomic mass is 10.2. The normalized spacial score (nSPS) is 13.1. The third kappa shape index (κ3) is 3.88. The number of carboxylic acid groups (broad SMARTS) is 1. The zero-order valence-corrected chi connectivity index (χ0v) is 12.1. The molecule has 0 aliphatic heterocycles. The minimum Gasteiger partial charge on any atom is -0.493 e. The first kappa shape index (κ1) is 15.6. The Hall–Kier alpha value is -2.75. The number of hydrogen-bond acceptors (Lipinski definition) is 5. The molecule has 0 aromatic heterocycles. The topological polar surface area (TPSA) is 99.9 Å². The summed E-state index contributed by atoms with van der Waals surface area (Å²) in [6.07, 6.45) is 1.64. The first-order valence-corrected chi connectivity index (χ1v) is 6.77. The largest absolute Gasteiger partial charge is 0.493 e. The van der Waals surface area contributed by atoms with Gasteiger partial charge in [0, 0.05) is 12.1 Å². The van der Waals surface area contributed by atoms with Crippen LogP contribution in [0.15, 0.2) is 18.2 Å². The van der Waals surface area contributed by atoms with Crippen LogP contribution in [-0.4, -0.2) is 48.2 Å². The summed E-state index contributed by atoms with van der Waals surface area (Å²) >= 11 is 0. The second kappa shape index (κ2) is 6.80. The van der Waals surface area contributed by atoms with Gasteiger partial charge in [0.2, 0.25) is 0 Å². The van der Waals surface area contributed by atoms with E-state index in [2.05, 4.69) is 0 Å². The molecule has 0 spiro atoms. The molecule has 1 N–H and O–H groups in total. The SMILES string of the molecule is COc1cc(C#N)ccc1OCC(=O)N(CC(=O)O)C1CC1. The zero-order chi connectivity index (χ0) is 16.1. The van der Waals surface area contributed by atoms with Crippen LogP contribution in [-0.2, 0) is 9.59 Å². The molecule has 1 saturated carbocycles. The van der Waals surface area contributed by atoms with E-state index in [0.717, 1.165) is 12.8 Å². The summed E-state index contributed by atoms with van der Waals surface area (Å²) in [5.41, 5.74) is 0.418. The molecule has 1 aromatic carbocycles. The number of carboxylic acids is 1. The molecule has 1 amide bonds. The van der Waals surface area contributed by atoms with Gasteiger partial charge < -0.3 is 19.5 Å². The van der Waals surface area contributed by atoms with Gasteiger partial charge in [-0.05, 0) is 25.0 Å². The summed E-state index contributed by atoms with van der Waals surface area (Å²) < 4.78 is 10.5. The van der Waals surface area contributed by atoms with Gasteiger partial charge in [0.1, 0.15) is 6.54 Å². The van der Waals surface area contributed by atoms with Gasteiger partial charge in [0.25, 0.3) is 5.91 Å². The lowest BCUT2D eigenvalue weighted by molar-refractivity contribution is -0.145. The van der Waals surface area contributed by atoms with E-state index in [-0.39, 0.29) is 25.1 Å². The molecule has 7 nitrogen and oxygen atoms in total. The van der Waals surface area contributed by atoms with Crippen LogP contribution in [0.1, 0.15) is 18.4 Å². The van der Waals surface area contributed by atoms with E-state index in [0.29, 0.717) is 17.1 Å². The van der Waals surface area contributed by atoms with E-state index < -0.39 is 5.97 Å². The van der Waals surface area contributed by atoms with Crippen LogP contribution >= 0.6 is 0 Å². The number of aliphatic carboxylic acids is 1. The van der Waals surface area contributed by atoms with Crippen LogP contribution in [0.2, 0.25) is 0 Å². The van der Waals surface area contributed by atoms with Crippen molar-refractivity contribution < 1.29 is 24.2 Å². The Morgan fingerprint density at radius 3 is 2.68 bits per heavy atom. The molecule has 1 aliphatic rings. The van der Waals surface area contributed by atoms with Gasteiger partial charge >= 0.3 is 5.97 Å². The minimum absolute atomic E-state index is 0.00457. The summed E-state index contributed by atoms with van der Waals surface area (Å²) in [6.45, 7) is -0.594. The predicted molar refractivity (Wildman–Crippen MR) is 75.6 cm³/mol. The van der Waals surface area contributed by atoms with Crippen molar-refractivity contribution in [2.24, 2.45) is 0 Å². The molecular weight excluding hydrogens is 288 g/mol. The van der Waals surface area contributed by atoms with E-state index in [1.54, 1.807) is 12.1 Å². The molecule has 1 aliphatic carbocycles. The van der Waals surface area contributed by atoms with Crippen molar-refractivity contribution in [3.8, 4) is 17.6 Å². The summed E-state index contributed by atoms with van der Waals surface area (Å²) in [5, 5.41) is 17.7. The van der Waals surface area contributed by atoms with Crippen molar-refractivity contribution in [1.29, 1.82) is 5.26 Å². The summed E-state index contributed by atoms with van der Waals surface area (Å²) in [5.74, 6) is -0.739. The number of benzene rings is 1. The van der Waals surface area contributed by atoms with Gasteiger partial charge in [-0.15, -0.1) is 0 Å². The summed E-state index contributed by atoms with van der Waals surface area (Å²) in [6, 6.07) is 6.58. The smallest absolute Gasteiger partial charge is 0.323 e. The van der Waals surface area contributed by atoms with Crippen molar-refractivity contribution >= 4 is 11.9 Å². The zero-order valence-electron chi connectivity index (χ0n) is 12.1. The monoisotopic (exact) mass is 304 g/mol. The third-order valence-corrected chi connectivity index (χ3v) is 3.26. The molecule has 22 heavy (non-hydrogen) atoms. The average molecular weight is 304 g/mol. The molecule has 0 unspecified atom stereocenters. The molecular formula is C15H16N2O5. The van der Waals surface area contributed by atoms with Gasteiger partial charge in [0.15, 0.2) is 18.1 Å². The number of amides is 1. The van der Waals surface area contributed by atoms with Gasteiger partial charge in [-0.25, -0.2) is 0 Å². The standard InChI is InChI=1S/C15H16N2O5/c1-21-13-6-10(7-16)2-5-12(13)22-9-14(18)17(8-15(19)20)11-3-4-11/h2,5-6,11H,3-4,8-9H2,1H3,(H,19,20). The third-order valence-electron chi connectivity index (χ3n) is 3.26. The van der Waals surface area contributed by atoms with Crippen molar-refractivity contribution in [3.63, 3.8) is 0 Å². The maximum absolute atomic E-state index is 12.1. The quantitative estimate of drug-likeness (QED) is 0.807. The van der Waals surface area contributed by atoms with Gasteiger partial charge in [0.05, 0.1) is 18.7 Å². The summed E-state index contributed by atoms with van der Waals surface area (Å²) in [7, 11) is 1.44. The maximum atomic E-state index is 12.1. The fourth-order valence-corrected chi connectivity index (χ4v) is 2.03. The fraction of sp³-hybridized carbons (Fsp3) is 0.400. The van der Waals surface area contributed by atoms with Crippen LogP contribution in [0.4, 0.5) is 0 Å². The Morgan fingerprint density at radius 2 is 2.14 bits per heavy atom. The highest BCUT2D eigenvalue weighted by molar-refractivity contribution is 5.83. The number of ether oxygens (including phenoxy) is 2. The molecule has 7 heteroatoms. The second-order valence-corrected chi connectivity index (χ2v) is 4.91. The van der Waals surface area contributed by atoms with E-state index in [1.807, 2.05) is 6.07 Å². The molecule has 0 saturated heterocycles. The Labute approximate surface area is 127 Å². The predicted octanol–water partition coefficient (Wildman–Crippen LogP) is 1.02. The number of nitrogens with zero attached hydrogens (tertiary/aromatic N) is 2. The Bertz CT molecular complexity index is 619. The number of nitriles is 1. The van der Waals surface area contributed by atoms with E-state index in [9.17, 15) is 9.59 Å². The maximum Gasteiger partial charge on any atom is 0.323 e. The Balaban J connectivity index is 2.01. The molecule has 0 bridgehead atoms.